The zero-order chi connectivity index (χ0) is 13.9. The van der Waals surface area contributed by atoms with E-state index in [0.29, 0.717) is 17.9 Å². The molecule has 1 rings (SSSR count). The standard InChI is InChI=1S/C16H24O3/c1-3-4-5-6-7-8-11-19-15-9-10-16(18-2)14(12-15)13-17/h9-10,12-13H,3-8,11H2,1-2H3. The van der Waals surface area contributed by atoms with Crippen LogP contribution in [-0.2, 0) is 0 Å². The Bertz CT molecular complexity index is 374. The number of hydrogen-bond acceptors (Lipinski definition) is 3. The molecule has 0 fully saturated rings. The summed E-state index contributed by atoms with van der Waals surface area (Å²) in [6.07, 6.45) is 8.24. The SMILES string of the molecule is CCCCCCCCOc1ccc(OC)c(C=O)c1. The maximum atomic E-state index is 10.9. The second kappa shape index (κ2) is 9.42. The fraction of sp³-hybridized carbons (Fsp3) is 0.562. The van der Waals surface area contributed by atoms with Gasteiger partial charge in [-0.3, -0.25) is 4.79 Å². The molecule has 1 aromatic carbocycles. The average molecular weight is 264 g/mol. The molecule has 0 aliphatic rings. The van der Waals surface area contributed by atoms with Crippen LogP contribution in [0.3, 0.4) is 0 Å². The number of aldehydes is 1. The molecule has 0 aliphatic carbocycles. The molecule has 0 amide bonds. The van der Waals surface area contributed by atoms with Crippen molar-refractivity contribution in [3.8, 4) is 11.5 Å². The van der Waals surface area contributed by atoms with Crippen molar-refractivity contribution >= 4 is 6.29 Å². The van der Waals surface area contributed by atoms with Gasteiger partial charge in [0, 0.05) is 0 Å². The van der Waals surface area contributed by atoms with E-state index in [9.17, 15) is 4.79 Å². The van der Waals surface area contributed by atoms with E-state index in [4.69, 9.17) is 9.47 Å². The largest absolute Gasteiger partial charge is 0.496 e. The molecule has 0 saturated heterocycles. The zero-order valence-corrected chi connectivity index (χ0v) is 12.0. The van der Waals surface area contributed by atoms with Gasteiger partial charge >= 0.3 is 0 Å². The molecule has 0 bridgehead atoms. The van der Waals surface area contributed by atoms with Crippen molar-refractivity contribution < 1.29 is 14.3 Å². The van der Waals surface area contributed by atoms with Crippen molar-refractivity contribution in [2.24, 2.45) is 0 Å². The number of carbonyl (C=O) groups is 1. The summed E-state index contributed by atoms with van der Waals surface area (Å²) in [5.74, 6) is 1.32. The number of unbranched alkanes of at least 4 members (excludes halogenated alkanes) is 5. The van der Waals surface area contributed by atoms with Crippen molar-refractivity contribution in [3.05, 3.63) is 23.8 Å². The highest BCUT2D eigenvalue weighted by molar-refractivity contribution is 5.80. The van der Waals surface area contributed by atoms with Crippen LogP contribution in [0.5, 0.6) is 11.5 Å². The van der Waals surface area contributed by atoms with Gasteiger partial charge in [0.15, 0.2) is 6.29 Å². The maximum Gasteiger partial charge on any atom is 0.153 e. The van der Waals surface area contributed by atoms with E-state index in [-0.39, 0.29) is 0 Å². The molecule has 1 aromatic rings. The molecule has 0 saturated carbocycles. The molecule has 0 aromatic heterocycles. The van der Waals surface area contributed by atoms with Crippen molar-refractivity contribution in [1.82, 2.24) is 0 Å². The lowest BCUT2D eigenvalue weighted by Crippen LogP contribution is -1.99. The highest BCUT2D eigenvalue weighted by atomic mass is 16.5. The van der Waals surface area contributed by atoms with Gasteiger partial charge in [-0.2, -0.15) is 0 Å². The lowest BCUT2D eigenvalue weighted by molar-refractivity contribution is 0.112. The summed E-state index contributed by atoms with van der Waals surface area (Å²) in [6.45, 7) is 2.92. The molecule has 0 spiro atoms. The van der Waals surface area contributed by atoms with E-state index in [1.807, 2.05) is 6.07 Å². The highest BCUT2D eigenvalue weighted by Gasteiger charge is 2.03. The van der Waals surface area contributed by atoms with Gasteiger partial charge in [-0.05, 0) is 24.6 Å². The van der Waals surface area contributed by atoms with E-state index in [2.05, 4.69) is 6.92 Å². The van der Waals surface area contributed by atoms with Crippen LogP contribution in [0.1, 0.15) is 55.8 Å². The first-order valence-corrected chi connectivity index (χ1v) is 7.07. The third kappa shape index (κ3) is 5.77. The predicted octanol–water partition coefficient (Wildman–Crippen LogP) is 4.25. The molecule has 0 unspecified atom stereocenters. The number of rotatable bonds is 10. The Kier molecular flexibility index (Phi) is 7.71. The van der Waals surface area contributed by atoms with Crippen LogP contribution in [0.2, 0.25) is 0 Å². The van der Waals surface area contributed by atoms with Crippen molar-refractivity contribution in [3.63, 3.8) is 0 Å². The quantitative estimate of drug-likeness (QED) is 0.468. The molecule has 0 heterocycles. The minimum Gasteiger partial charge on any atom is -0.496 e. The highest BCUT2D eigenvalue weighted by Crippen LogP contribution is 2.22. The molecule has 3 heteroatoms. The minimum absolute atomic E-state index is 0.531. The molecule has 0 atom stereocenters. The summed E-state index contributed by atoms with van der Waals surface area (Å²) in [4.78, 5) is 10.9. The molecule has 0 radical (unpaired) electrons. The number of ether oxygens (including phenoxy) is 2. The third-order valence-corrected chi connectivity index (χ3v) is 3.09. The number of benzene rings is 1. The summed E-state index contributed by atoms with van der Waals surface area (Å²) >= 11 is 0. The zero-order valence-electron chi connectivity index (χ0n) is 12.0. The molecule has 19 heavy (non-hydrogen) atoms. The fourth-order valence-corrected chi connectivity index (χ4v) is 1.97. The van der Waals surface area contributed by atoms with Crippen LogP contribution in [0, 0.1) is 0 Å². The Labute approximate surface area is 115 Å². The minimum atomic E-state index is 0.531. The Hall–Kier alpha value is -1.51. The molecular weight excluding hydrogens is 240 g/mol. The average Bonchev–Trinajstić information content (AvgIpc) is 2.46. The van der Waals surface area contributed by atoms with E-state index >= 15 is 0 Å². The number of carbonyl (C=O) groups excluding carboxylic acids is 1. The fourth-order valence-electron chi connectivity index (χ4n) is 1.97. The Morgan fingerprint density at radius 3 is 2.53 bits per heavy atom. The molecule has 106 valence electrons. The van der Waals surface area contributed by atoms with Crippen LogP contribution in [0.4, 0.5) is 0 Å². The molecule has 0 aliphatic heterocycles. The number of hydrogen-bond donors (Lipinski definition) is 0. The van der Waals surface area contributed by atoms with Gasteiger partial charge in [0.2, 0.25) is 0 Å². The third-order valence-electron chi connectivity index (χ3n) is 3.09. The van der Waals surface area contributed by atoms with Crippen LogP contribution in [-0.4, -0.2) is 20.0 Å². The van der Waals surface area contributed by atoms with Crippen LogP contribution >= 0.6 is 0 Å². The van der Waals surface area contributed by atoms with E-state index < -0.39 is 0 Å². The molecule has 3 nitrogen and oxygen atoms in total. The Balaban J connectivity index is 2.27. The van der Waals surface area contributed by atoms with Crippen LogP contribution in [0.15, 0.2) is 18.2 Å². The first-order valence-electron chi connectivity index (χ1n) is 7.07. The van der Waals surface area contributed by atoms with Gasteiger partial charge in [0.25, 0.3) is 0 Å². The van der Waals surface area contributed by atoms with Crippen molar-refractivity contribution in [1.29, 1.82) is 0 Å². The number of methoxy groups -OCH3 is 1. The topological polar surface area (TPSA) is 35.5 Å². The second-order valence-electron chi connectivity index (χ2n) is 4.64. The molecule has 0 N–H and O–H groups in total. The predicted molar refractivity (Wildman–Crippen MR) is 77.3 cm³/mol. The van der Waals surface area contributed by atoms with Crippen LogP contribution in [0.25, 0.3) is 0 Å². The van der Waals surface area contributed by atoms with Gasteiger partial charge in [0.1, 0.15) is 11.5 Å². The normalized spacial score (nSPS) is 10.2. The summed E-state index contributed by atoms with van der Waals surface area (Å²) in [7, 11) is 1.55. The van der Waals surface area contributed by atoms with Crippen molar-refractivity contribution in [2.75, 3.05) is 13.7 Å². The maximum absolute atomic E-state index is 10.9. The second-order valence-corrected chi connectivity index (χ2v) is 4.64. The Morgan fingerprint density at radius 1 is 1.11 bits per heavy atom. The van der Waals surface area contributed by atoms with E-state index in [1.165, 1.54) is 32.1 Å². The molecular formula is C16H24O3. The van der Waals surface area contributed by atoms with Crippen molar-refractivity contribution in [2.45, 2.75) is 45.4 Å². The first kappa shape index (κ1) is 15.5. The monoisotopic (exact) mass is 264 g/mol. The summed E-state index contributed by atoms with van der Waals surface area (Å²) in [5, 5.41) is 0. The van der Waals surface area contributed by atoms with Gasteiger partial charge in [-0.25, -0.2) is 0 Å². The lowest BCUT2D eigenvalue weighted by atomic mass is 10.1. The summed E-state index contributed by atoms with van der Waals surface area (Å²) < 4.78 is 10.7. The van der Waals surface area contributed by atoms with Gasteiger partial charge in [-0.1, -0.05) is 39.0 Å². The lowest BCUT2D eigenvalue weighted by Gasteiger charge is -2.08. The first-order chi connectivity index (χ1) is 9.31. The van der Waals surface area contributed by atoms with Crippen LogP contribution < -0.4 is 9.47 Å². The van der Waals surface area contributed by atoms with E-state index in [0.717, 1.165) is 18.5 Å². The van der Waals surface area contributed by atoms with Gasteiger partial charge < -0.3 is 9.47 Å². The van der Waals surface area contributed by atoms with Gasteiger partial charge in [-0.15, -0.1) is 0 Å². The van der Waals surface area contributed by atoms with Gasteiger partial charge in [0.05, 0.1) is 19.3 Å². The van der Waals surface area contributed by atoms with E-state index in [1.54, 1.807) is 19.2 Å². The Morgan fingerprint density at radius 2 is 1.84 bits per heavy atom. The summed E-state index contributed by atoms with van der Waals surface area (Å²) in [5.41, 5.74) is 0.531. The summed E-state index contributed by atoms with van der Waals surface area (Å²) in [6, 6.07) is 5.33. The smallest absolute Gasteiger partial charge is 0.153 e.